The molecule has 1 unspecified atom stereocenters. The summed E-state index contributed by atoms with van der Waals surface area (Å²) in [7, 11) is 0. The van der Waals surface area contributed by atoms with Crippen molar-refractivity contribution < 1.29 is 4.42 Å². The van der Waals surface area contributed by atoms with Crippen LogP contribution in [0.2, 0.25) is 0 Å². The van der Waals surface area contributed by atoms with Crippen LogP contribution < -0.4 is 5.32 Å². The Labute approximate surface area is 122 Å². The number of hydrogen-bond donors (Lipinski definition) is 1. The van der Waals surface area contributed by atoms with Gasteiger partial charge in [0.1, 0.15) is 11.5 Å². The van der Waals surface area contributed by atoms with Crippen molar-refractivity contribution in [2.75, 3.05) is 6.54 Å². The summed E-state index contributed by atoms with van der Waals surface area (Å²) >= 11 is 0. The van der Waals surface area contributed by atoms with Crippen molar-refractivity contribution in [3.8, 4) is 0 Å². The zero-order chi connectivity index (χ0) is 14.6. The molecule has 0 saturated carbocycles. The first-order valence-corrected chi connectivity index (χ1v) is 7.47. The second kappa shape index (κ2) is 6.27. The van der Waals surface area contributed by atoms with Gasteiger partial charge in [0.2, 0.25) is 0 Å². The quantitative estimate of drug-likeness (QED) is 0.838. The normalized spacial score (nSPS) is 13.4. The number of hydrogen-bond acceptors (Lipinski definition) is 2. The smallest absolute Gasteiger partial charge is 0.121 e. The van der Waals surface area contributed by atoms with Crippen molar-refractivity contribution >= 4 is 0 Å². The first kappa shape index (κ1) is 14.9. The second-order valence-corrected chi connectivity index (χ2v) is 5.74. The van der Waals surface area contributed by atoms with Crippen molar-refractivity contribution in [2.24, 2.45) is 0 Å². The van der Waals surface area contributed by atoms with E-state index in [0.717, 1.165) is 24.5 Å². The molecule has 0 fully saturated rings. The molecule has 1 N–H and O–H groups in total. The van der Waals surface area contributed by atoms with Crippen molar-refractivity contribution in [3.05, 3.63) is 59.5 Å². The van der Waals surface area contributed by atoms with E-state index in [0.29, 0.717) is 0 Å². The summed E-state index contributed by atoms with van der Waals surface area (Å²) < 4.78 is 5.99. The molecule has 0 spiro atoms. The Kier molecular flexibility index (Phi) is 4.66. The van der Waals surface area contributed by atoms with Crippen LogP contribution in [-0.2, 0) is 11.8 Å². The van der Waals surface area contributed by atoms with Gasteiger partial charge >= 0.3 is 0 Å². The van der Waals surface area contributed by atoms with E-state index in [1.165, 1.54) is 5.56 Å². The fraction of sp³-hybridized carbons (Fsp3) is 0.444. The molecular formula is C18H25NO. The lowest BCUT2D eigenvalue weighted by atomic mass is 9.76. The number of aryl methyl sites for hydroxylation is 1. The maximum atomic E-state index is 5.99. The van der Waals surface area contributed by atoms with Gasteiger partial charge in [0.05, 0.1) is 6.04 Å². The summed E-state index contributed by atoms with van der Waals surface area (Å²) in [5, 5.41) is 3.58. The van der Waals surface area contributed by atoms with E-state index >= 15 is 0 Å². The molecule has 1 aromatic carbocycles. The van der Waals surface area contributed by atoms with E-state index < -0.39 is 0 Å². The molecule has 0 amide bonds. The summed E-state index contributed by atoms with van der Waals surface area (Å²) in [6.07, 6.45) is 0.935. The van der Waals surface area contributed by atoms with Gasteiger partial charge in [-0.3, -0.25) is 0 Å². The summed E-state index contributed by atoms with van der Waals surface area (Å²) in [5.74, 6) is 2.07. The molecule has 108 valence electrons. The molecule has 2 aromatic rings. The van der Waals surface area contributed by atoms with E-state index in [1.54, 1.807) is 0 Å². The molecular weight excluding hydrogens is 246 g/mol. The van der Waals surface area contributed by atoms with E-state index in [2.05, 4.69) is 75.5 Å². The molecule has 0 aliphatic rings. The number of benzene rings is 1. The van der Waals surface area contributed by atoms with Crippen LogP contribution in [0.5, 0.6) is 0 Å². The van der Waals surface area contributed by atoms with Gasteiger partial charge in [-0.25, -0.2) is 0 Å². The van der Waals surface area contributed by atoms with Gasteiger partial charge in [-0.1, -0.05) is 58.0 Å². The lowest BCUT2D eigenvalue weighted by Crippen LogP contribution is -2.37. The summed E-state index contributed by atoms with van der Waals surface area (Å²) in [5.41, 5.74) is 1.29. The summed E-state index contributed by atoms with van der Waals surface area (Å²) in [4.78, 5) is 0. The number of nitrogens with one attached hydrogen (secondary N) is 1. The zero-order valence-corrected chi connectivity index (χ0v) is 12.9. The molecule has 0 radical (unpaired) electrons. The fourth-order valence-electron chi connectivity index (χ4n) is 2.69. The molecule has 20 heavy (non-hydrogen) atoms. The number of rotatable bonds is 6. The van der Waals surface area contributed by atoms with Crippen molar-refractivity contribution in [1.29, 1.82) is 0 Å². The predicted molar refractivity (Wildman–Crippen MR) is 84.0 cm³/mol. The molecule has 2 rings (SSSR count). The molecule has 2 nitrogen and oxygen atoms in total. The Hall–Kier alpha value is -1.54. The molecule has 1 atom stereocenters. The van der Waals surface area contributed by atoms with Crippen LogP contribution in [0, 0.1) is 0 Å². The van der Waals surface area contributed by atoms with Gasteiger partial charge in [0.15, 0.2) is 0 Å². The third-order valence-corrected chi connectivity index (χ3v) is 3.96. The SMILES string of the molecule is CCNC(c1ccc(CC)o1)C(C)(C)c1ccccc1. The highest BCUT2D eigenvalue weighted by Gasteiger charge is 2.34. The highest BCUT2D eigenvalue weighted by atomic mass is 16.3. The van der Waals surface area contributed by atoms with Gasteiger partial charge in [-0.15, -0.1) is 0 Å². The Morgan fingerprint density at radius 1 is 1.05 bits per heavy atom. The predicted octanol–water partition coefficient (Wildman–Crippen LogP) is 4.47. The van der Waals surface area contributed by atoms with Gasteiger partial charge < -0.3 is 9.73 Å². The minimum absolute atomic E-state index is 0.0276. The number of furan rings is 1. The maximum Gasteiger partial charge on any atom is 0.121 e. The van der Waals surface area contributed by atoms with Crippen LogP contribution in [0.25, 0.3) is 0 Å². The van der Waals surface area contributed by atoms with Crippen molar-refractivity contribution in [1.82, 2.24) is 5.32 Å². The Morgan fingerprint density at radius 2 is 1.75 bits per heavy atom. The minimum Gasteiger partial charge on any atom is -0.464 e. The Balaban J connectivity index is 2.36. The van der Waals surface area contributed by atoms with E-state index in [1.807, 2.05) is 0 Å². The molecule has 0 bridgehead atoms. The highest BCUT2D eigenvalue weighted by Crippen LogP contribution is 2.37. The first-order valence-electron chi connectivity index (χ1n) is 7.47. The maximum absolute atomic E-state index is 5.99. The van der Waals surface area contributed by atoms with Crippen LogP contribution in [-0.4, -0.2) is 6.54 Å². The van der Waals surface area contributed by atoms with Gasteiger partial charge in [-0.2, -0.15) is 0 Å². The van der Waals surface area contributed by atoms with Crippen LogP contribution in [0.3, 0.4) is 0 Å². The van der Waals surface area contributed by atoms with E-state index in [4.69, 9.17) is 4.42 Å². The second-order valence-electron chi connectivity index (χ2n) is 5.74. The molecule has 1 aromatic heterocycles. The molecule has 0 saturated heterocycles. The minimum atomic E-state index is -0.0276. The zero-order valence-electron chi connectivity index (χ0n) is 12.9. The molecule has 1 heterocycles. The fourth-order valence-corrected chi connectivity index (χ4v) is 2.69. The van der Waals surface area contributed by atoms with Gasteiger partial charge in [-0.05, 0) is 24.2 Å². The topological polar surface area (TPSA) is 25.2 Å². The van der Waals surface area contributed by atoms with E-state index in [-0.39, 0.29) is 11.5 Å². The average Bonchev–Trinajstić information content (AvgIpc) is 2.94. The monoisotopic (exact) mass is 271 g/mol. The Bertz CT molecular complexity index is 527. The lowest BCUT2D eigenvalue weighted by molar-refractivity contribution is 0.295. The summed E-state index contributed by atoms with van der Waals surface area (Å²) in [6, 6.07) is 15.0. The van der Waals surface area contributed by atoms with E-state index in [9.17, 15) is 0 Å². The third-order valence-electron chi connectivity index (χ3n) is 3.96. The first-order chi connectivity index (χ1) is 9.59. The molecule has 0 aliphatic heterocycles. The molecule has 0 aliphatic carbocycles. The standard InChI is InChI=1S/C18H25NO/c1-5-15-12-13-16(20-15)17(19-6-2)18(3,4)14-10-8-7-9-11-14/h7-13,17,19H,5-6H2,1-4H3. The largest absolute Gasteiger partial charge is 0.464 e. The highest BCUT2D eigenvalue weighted by molar-refractivity contribution is 5.29. The average molecular weight is 271 g/mol. The summed E-state index contributed by atoms with van der Waals surface area (Å²) in [6.45, 7) is 9.71. The molecule has 2 heteroatoms. The van der Waals surface area contributed by atoms with Crippen LogP contribution in [0.15, 0.2) is 46.9 Å². The van der Waals surface area contributed by atoms with Crippen LogP contribution in [0.4, 0.5) is 0 Å². The van der Waals surface area contributed by atoms with Crippen LogP contribution >= 0.6 is 0 Å². The number of likely N-dealkylation sites (N-methyl/N-ethyl adjacent to an activating group) is 1. The third kappa shape index (κ3) is 2.96. The lowest BCUT2D eigenvalue weighted by Gasteiger charge is -2.34. The van der Waals surface area contributed by atoms with Gasteiger partial charge in [0, 0.05) is 11.8 Å². The van der Waals surface area contributed by atoms with Crippen LogP contribution in [0.1, 0.15) is 50.8 Å². The van der Waals surface area contributed by atoms with Crippen molar-refractivity contribution in [3.63, 3.8) is 0 Å². The van der Waals surface area contributed by atoms with Gasteiger partial charge in [0.25, 0.3) is 0 Å². The van der Waals surface area contributed by atoms with Crippen molar-refractivity contribution in [2.45, 2.75) is 45.6 Å². The Morgan fingerprint density at radius 3 is 2.30 bits per heavy atom.